The molecule has 1 saturated carbocycles. The highest BCUT2D eigenvalue weighted by atomic mass is 16.5. The molecule has 1 fully saturated rings. The maximum absolute atomic E-state index is 5.79. The van der Waals surface area contributed by atoms with Crippen LogP contribution in [0, 0.1) is 11.3 Å². The lowest BCUT2D eigenvalue weighted by Crippen LogP contribution is -2.29. The van der Waals surface area contributed by atoms with Crippen LogP contribution in [0.3, 0.4) is 0 Å². The lowest BCUT2D eigenvalue weighted by molar-refractivity contribution is 0.232. The summed E-state index contributed by atoms with van der Waals surface area (Å²) in [5.74, 6) is 1.53. The number of hydrogen-bond acceptors (Lipinski definition) is 2. The fraction of sp³-hybridized carbons (Fsp3) is 0.667. The van der Waals surface area contributed by atoms with Crippen molar-refractivity contribution in [1.29, 1.82) is 0 Å². The number of ether oxygens (including phenoxy) is 1. The number of anilines is 1. The van der Waals surface area contributed by atoms with Gasteiger partial charge in [0.2, 0.25) is 0 Å². The number of benzene rings is 1. The molecule has 0 aromatic heterocycles. The summed E-state index contributed by atoms with van der Waals surface area (Å²) < 4.78 is 5.79. The van der Waals surface area contributed by atoms with Crippen molar-refractivity contribution in [2.75, 3.05) is 11.9 Å². The molecule has 0 bridgehead atoms. The Balaban J connectivity index is 1.88. The van der Waals surface area contributed by atoms with Gasteiger partial charge < -0.3 is 10.1 Å². The summed E-state index contributed by atoms with van der Waals surface area (Å²) in [4.78, 5) is 0. The van der Waals surface area contributed by atoms with Crippen molar-refractivity contribution in [2.45, 2.75) is 59.4 Å². The van der Waals surface area contributed by atoms with Crippen LogP contribution in [0.4, 0.5) is 5.69 Å². The third kappa shape index (κ3) is 4.73. The van der Waals surface area contributed by atoms with Gasteiger partial charge in [-0.2, -0.15) is 0 Å². The SMILES string of the molecule is CC(C)COc1cccc(NC2CCC(C)(C)CC2)c1. The van der Waals surface area contributed by atoms with Crippen LogP contribution < -0.4 is 10.1 Å². The minimum Gasteiger partial charge on any atom is -0.493 e. The van der Waals surface area contributed by atoms with Crippen LogP contribution in [0.5, 0.6) is 5.75 Å². The summed E-state index contributed by atoms with van der Waals surface area (Å²) in [6, 6.07) is 9.00. The molecule has 1 N–H and O–H groups in total. The molecular weight excluding hydrogens is 246 g/mol. The molecule has 0 atom stereocenters. The van der Waals surface area contributed by atoms with E-state index in [9.17, 15) is 0 Å². The monoisotopic (exact) mass is 275 g/mol. The van der Waals surface area contributed by atoms with Crippen LogP contribution in [0.15, 0.2) is 24.3 Å². The first kappa shape index (κ1) is 15.2. The van der Waals surface area contributed by atoms with Gasteiger partial charge in [0.25, 0.3) is 0 Å². The molecule has 0 radical (unpaired) electrons. The van der Waals surface area contributed by atoms with E-state index >= 15 is 0 Å². The van der Waals surface area contributed by atoms with Gasteiger partial charge in [-0.1, -0.05) is 33.8 Å². The number of nitrogens with one attached hydrogen (secondary N) is 1. The van der Waals surface area contributed by atoms with E-state index in [-0.39, 0.29) is 0 Å². The standard InChI is InChI=1S/C18H29NO/c1-14(2)13-20-17-7-5-6-16(12-17)19-15-8-10-18(3,4)11-9-15/h5-7,12,14-15,19H,8-11,13H2,1-4H3. The molecule has 20 heavy (non-hydrogen) atoms. The van der Waals surface area contributed by atoms with E-state index in [0.29, 0.717) is 17.4 Å². The molecule has 1 aromatic carbocycles. The van der Waals surface area contributed by atoms with E-state index in [1.165, 1.54) is 31.4 Å². The molecule has 1 aliphatic carbocycles. The van der Waals surface area contributed by atoms with Gasteiger partial charge in [-0.05, 0) is 49.1 Å². The maximum atomic E-state index is 5.79. The Morgan fingerprint density at radius 2 is 1.95 bits per heavy atom. The Hall–Kier alpha value is -1.18. The average molecular weight is 275 g/mol. The second kappa shape index (κ2) is 6.51. The third-order valence-corrected chi connectivity index (χ3v) is 4.13. The van der Waals surface area contributed by atoms with E-state index in [1.807, 2.05) is 6.07 Å². The van der Waals surface area contributed by atoms with Crippen molar-refractivity contribution in [3.8, 4) is 5.75 Å². The molecule has 0 spiro atoms. The van der Waals surface area contributed by atoms with Gasteiger partial charge in [-0.15, -0.1) is 0 Å². The lowest BCUT2D eigenvalue weighted by Gasteiger charge is -2.35. The predicted molar refractivity (Wildman–Crippen MR) is 86.4 cm³/mol. The molecule has 2 heteroatoms. The molecule has 0 unspecified atom stereocenters. The molecule has 1 aliphatic rings. The zero-order valence-electron chi connectivity index (χ0n) is 13.4. The van der Waals surface area contributed by atoms with E-state index in [2.05, 4.69) is 51.2 Å². The fourth-order valence-corrected chi connectivity index (χ4v) is 2.72. The van der Waals surface area contributed by atoms with Crippen LogP contribution in [0.1, 0.15) is 53.4 Å². The molecule has 112 valence electrons. The highest BCUT2D eigenvalue weighted by Crippen LogP contribution is 2.36. The van der Waals surface area contributed by atoms with Gasteiger partial charge in [-0.25, -0.2) is 0 Å². The minimum atomic E-state index is 0.528. The topological polar surface area (TPSA) is 21.3 Å². The first-order valence-electron chi connectivity index (χ1n) is 7.94. The molecule has 2 rings (SSSR count). The highest BCUT2D eigenvalue weighted by Gasteiger charge is 2.26. The van der Waals surface area contributed by atoms with Crippen LogP contribution >= 0.6 is 0 Å². The second-order valence-electron chi connectivity index (χ2n) is 7.32. The minimum absolute atomic E-state index is 0.528. The van der Waals surface area contributed by atoms with E-state index in [0.717, 1.165) is 12.4 Å². The van der Waals surface area contributed by atoms with Crippen molar-refractivity contribution in [2.24, 2.45) is 11.3 Å². The van der Waals surface area contributed by atoms with Gasteiger partial charge in [0.15, 0.2) is 0 Å². The second-order valence-corrected chi connectivity index (χ2v) is 7.32. The van der Waals surface area contributed by atoms with Crippen molar-refractivity contribution in [1.82, 2.24) is 0 Å². The number of rotatable bonds is 5. The Kier molecular flexibility index (Phi) is 4.95. The summed E-state index contributed by atoms with van der Waals surface area (Å²) in [6.45, 7) is 9.88. The largest absolute Gasteiger partial charge is 0.493 e. The van der Waals surface area contributed by atoms with Gasteiger partial charge in [0.1, 0.15) is 5.75 Å². The molecule has 0 amide bonds. The zero-order chi connectivity index (χ0) is 14.6. The van der Waals surface area contributed by atoms with Crippen LogP contribution in [-0.4, -0.2) is 12.6 Å². The highest BCUT2D eigenvalue weighted by molar-refractivity contribution is 5.48. The fourth-order valence-electron chi connectivity index (χ4n) is 2.72. The van der Waals surface area contributed by atoms with Gasteiger partial charge in [0.05, 0.1) is 6.61 Å². The molecule has 0 heterocycles. The summed E-state index contributed by atoms with van der Waals surface area (Å²) in [5, 5.41) is 3.67. The van der Waals surface area contributed by atoms with Crippen LogP contribution in [0.25, 0.3) is 0 Å². The van der Waals surface area contributed by atoms with Crippen LogP contribution in [0.2, 0.25) is 0 Å². The molecule has 0 aliphatic heterocycles. The number of hydrogen-bond donors (Lipinski definition) is 1. The smallest absolute Gasteiger partial charge is 0.121 e. The Bertz CT molecular complexity index is 415. The van der Waals surface area contributed by atoms with Gasteiger partial charge >= 0.3 is 0 Å². The first-order valence-corrected chi connectivity index (χ1v) is 7.94. The molecule has 0 saturated heterocycles. The van der Waals surface area contributed by atoms with Crippen molar-refractivity contribution >= 4 is 5.69 Å². The average Bonchev–Trinajstić information content (AvgIpc) is 2.39. The first-order chi connectivity index (χ1) is 9.44. The van der Waals surface area contributed by atoms with Crippen molar-refractivity contribution in [3.63, 3.8) is 0 Å². The summed E-state index contributed by atoms with van der Waals surface area (Å²) >= 11 is 0. The van der Waals surface area contributed by atoms with E-state index in [1.54, 1.807) is 0 Å². The van der Waals surface area contributed by atoms with Crippen molar-refractivity contribution < 1.29 is 4.74 Å². The van der Waals surface area contributed by atoms with E-state index in [4.69, 9.17) is 4.74 Å². The normalized spacial score (nSPS) is 19.1. The Morgan fingerprint density at radius 1 is 1.25 bits per heavy atom. The summed E-state index contributed by atoms with van der Waals surface area (Å²) in [7, 11) is 0. The molecular formula is C18H29NO. The summed E-state index contributed by atoms with van der Waals surface area (Å²) in [6.07, 6.45) is 5.16. The lowest BCUT2D eigenvalue weighted by atomic mass is 9.75. The Labute approximate surface area is 123 Å². The van der Waals surface area contributed by atoms with Gasteiger partial charge in [0, 0.05) is 17.8 Å². The zero-order valence-corrected chi connectivity index (χ0v) is 13.4. The Morgan fingerprint density at radius 3 is 2.60 bits per heavy atom. The molecule has 1 aromatic rings. The van der Waals surface area contributed by atoms with Crippen LogP contribution in [-0.2, 0) is 0 Å². The summed E-state index contributed by atoms with van der Waals surface area (Å²) in [5.41, 5.74) is 1.72. The maximum Gasteiger partial charge on any atom is 0.121 e. The quantitative estimate of drug-likeness (QED) is 0.807. The predicted octanol–water partition coefficient (Wildman–Crippen LogP) is 5.10. The van der Waals surface area contributed by atoms with Gasteiger partial charge in [-0.3, -0.25) is 0 Å². The third-order valence-electron chi connectivity index (χ3n) is 4.13. The van der Waals surface area contributed by atoms with E-state index < -0.39 is 0 Å². The molecule has 2 nitrogen and oxygen atoms in total. The van der Waals surface area contributed by atoms with Crippen molar-refractivity contribution in [3.05, 3.63) is 24.3 Å².